The first-order chi connectivity index (χ1) is 12.8. The van der Waals surface area contributed by atoms with Gasteiger partial charge >= 0.3 is 0 Å². The Morgan fingerprint density at radius 3 is 2.56 bits per heavy atom. The van der Waals surface area contributed by atoms with Gasteiger partial charge in [0.1, 0.15) is 0 Å². The van der Waals surface area contributed by atoms with Gasteiger partial charge in [0.2, 0.25) is 10.0 Å². The van der Waals surface area contributed by atoms with E-state index in [-0.39, 0.29) is 11.9 Å². The highest BCUT2D eigenvalue weighted by molar-refractivity contribution is 7.92. The van der Waals surface area contributed by atoms with Crippen molar-refractivity contribution >= 4 is 33.0 Å². The number of hydrogen-bond donors (Lipinski definition) is 2. The fraction of sp³-hybridized carbons (Fsp3) is 0.450. The van der Waals surface area contributed by atoms with E-state index in [2.05, 4.69) is 10.0 Å². The summed E-state index contributed by atoms with van der Waals surface area (Å²) in [5.41, 5.74) is 2.55. The van der Waals surface area contributed by atoms with Gasteiger partial charge in [0.15, 0.2) is 0 Å². The van der Waals surface area contributed by atoms with Crippen LogP contribution in [0.3, 0.4) is 0 Å². The van der Waals surface area contributed by atoms with Crippen LogP contribution in [0.15, 0.2) is 30.3 Å². The highest BCUT2D eigenvalue weighted by Gasteiger charge is 2.19. The lowest BCUT2D eigenvalue weighted by Crippen LogP contribution is -2.27. The van der Waals surface area contributed by atoms with Crippen molar-refractivity contribution in [1.29, 1.82) is 0 Å². The lowest BCUT2D eigenvalue weighted by atomic mass is 9.99. The average Bonchev–Trinajstić information content (AvgIpc) is 2.96. The topological polar surface area (TPSA) is 75.3 Å². The highest BCUT2D eigenvalue weighted by atomic mass is 32.2. The zero-order valence-corrected chi connectivity index (χ0v) is 17.4. The van der Waals surface area contributed by atoms with E-state index >= 15 is 0 Å². The van der Waals surface area contributed by atoms with Gasteiger partial charge in [0.05, 0.1) is 22.9 Å². The van der Waals surface area contributed by atoms with Crippen molar-refractivity contribution in [3.63, 3.8) is 0 Å². The van der Waals surface area contributed by atoms with Crippen LogP contribution in [0, 0.1) is 0 Å². The number of amides is 1. The normalized spacial score (nSPS) is 15.9. The summed E-state index contributed by atoms with van der Waals surface area (Å²) < 4.78 is 25.7. The summed E-state index contributed by atoms with van der Waals surface area (Å²) in [6.45, 7) is 1.87. The molecule has 1 aromatic carbocycles. The van der Waals surface area contributed by atoms with Crippen molar-refractivity contribution < 1.29 is 13.2 Å². The average molecular weight is 407 g/mol. The lowest BCUT2D eigenvalue weighted by Gasteiger charge is -2.18. The van der Waals surface area contributed by atoms with E-state index in [1.54, 1.807) is 23.5 Å². The number of sulfonamides is 1. The zero-order valence-electron chi connectivity index (χ0n) is 15.7. The molecule has 3 rings (SSSR count). The van der Waals surface area contributed by atoms with Gasteiger partial charge in [-0.2, -0.15) is 0 Å². The smallest absolute Gasteiger partial charge is 0.261 e. The first kappa shape index (κ1) is 19.9. The van der Waals surface area contributed by atoms with Crippen LogP contribution in [-0.2, 0) is 22.9 Å². The van der Waals surface area contributed by atoms with E-state index in [9.17, 15) is 13.2 Å². The maximum atomic E-state index is 12.8. The SMILES string of the molecule is C[C@@H](NC(=O)c1cc2c(s1)CCCCCC2)c1ccccc1NS(C)(=O)=O. The molecule has 1 heterocycles. The molecule has 0 saturated heterocycles. The third-order valence-electron chi connectivity index (χ3n) is 4.79. The highest BCUT2D eigenvalue weighted by Crippen LogP contribution is 2.29. The molecule has 0 spiro atoms. The second kappa shape index (κ2) is 8.44. The maximum absolute atomic E-state index is 12.8. The van der Waals surface area contributed by atoms with Crippen molar-refractivity contribution in [2.45, 2.75) is 51.5 Å². The Kier molecular flexibility index (Phi) is 6.22. The number of nitrogens with one attached hydrogen (secondary N) is 2. The fourth-order valence-corrected chi connectivity index (χ4v) is 5.21. The molecule has 1 aliphatic rings. The summed E-state index contributed by atoms with van der Waals surface area (Å²) >= 11 is 1.59. The molecule has 2 N–H and O–H groups in total. The zero-order chi connectivity index (χ0) is 19.4. The summed E-state index contributed by atoms with van der Waals surface area (Å²) in [5, 5.41) is 3.02. The summed E-state index contributed by atoms with van der Waals surface area (Å²) in [6, 6.07) is 8.86. The summed E-state index contributed by atoms with van der Waals surface area (Å²) in [7, 11) is -3.38. The van der Waals surface area contributed by atoms with Crippen LogP contribution in [0.4, 0.5) is 5.69 Å². The predicted molar refractivity (Wildman–Crippen MR) is 111 cm³/mol. The molecule has 146 valence electrons. The van der Waals surface area contributed by atoms with E-state index in [4.69, 9.17) is 0 Å². The third kappa shape index (κ3) is 5.32. The monoisotopic (exact) mass is 406 g/mol. The summed E-state index contributed by atoms with van der Waals surface area (Å²) in [6.07, 6.45) is 8.13. The van der Waals surface area contributed by atoms with Gasteiger partial charge in [0.25, 0.3) is 5.91 Å². The number of fused-ring (bicyclic) bond motifs is 1. The molecule has 2 aromatic rings. The number of aryl methyl sites for hydroxylation is 2. The number of hydrogen-bond acceptors (Lipinski definition) is 4. The standard InChI is InChI=1S/C20H26N2O3S2/c1-14(16-10-7-8-11-17(16)22-27(2,24)25)21-20(23)19-13-15-9-5-3-4-6-12-18(15)26-19/h7-8,10-11,13-14,22H,3-6,9,12H2,1-2H3,(H,21,23)/t14-/m1/s1. The molecule has 0 fully saturated rings. The quantitative estimate of drug-likeness (QED) is 0.779. The summed E-state index contributed by atoms with van der Waals surface area (Å²) in [5.74, 6) is -0.103. The number of para-hydroxylation sites is 1. The number of benzene rings is 1. The Labute approximate surface area is 165 Å². The van der Waals surface area contributed by atoms with Crippen molar-refractivity contribution in [2.75, 3.05) is 11.0 Å². The molecular weight excluding hydrogens is 380 g/mol. The minimum absolute atomic E-state index is 0.103. The number of thiophene rings is 1. The lowest BCUT2D eigenvalue weighted by molar-refractivity contribution is 0.0944. The largest absolute Gasteiger partial charge is 0.345 e. The van der Waals surface area contributed by atoms with Crippen molar-refractivity contribution in [2.24, 2.45) is 0 Å². The number of anilines is 1. The van der Waals surface area contributed by atoms with Crippen molar-refractivity contribution in [3.05, 3.63) is 51.2 Å². The molecule has 1 amide bonds. The Bertz CT molecular complexity index is 894. The van der Waals surface area contributed by atoms with Crippen LogP contribution in [0.1, 0.15) is 64.3 Å². The van der Waals surface area contributed by atoms with Gasteiger partial charge in [-0.05, 0) is 55.9 Å². The molecule has 5 nitrogen and oxygen atoms in total. The van der Waals surface area contributed by atoms with Gasteiger partial charge in [-0.25, -0.2) is 8.42 Å². The number of carbonyl (C=O) groups excluding carboxylic acids is 1. The second-order valence-corrected chi connectivity index (χ2v) is 10.0. The second-order valence-electron chi connectivity index (χ2n) is 7.13. The molecule has 0 aliphatic heterocycles. The molecule has 0 saturated carbocycles. The van der Waals surface area contributed by atoms with Crippen LogP contribution in [0.5, 0.6) is 0 Å². The van der Waals surface area contributed by atoms with Crippen LogP contribution in [-0.4, -0.2) is 20.6 Å². The minimum Gasteiger partial charge on any atom is -0.345 e. The van der Waals surface area contributed by atoms with E-state index in [0.717, 1.165) is 29.5 Å². The Hall–Kier alpha value is -1.86. The fourth-order valence-electron chi connectivity index (χ4n) is 3.47. The van der Waals surface area contributed by atoms with E-state index in [1.165, 1.54) is 36.1 Å². The molecule has 1 atom stereocenters. The molecule has 0 unspecified atom stereocenters. The first-order valence-corrected chi connectivity index (χ1v) is 12.0. The van der Waals surface area contributed by atoms with Crippen LogP contribution >= 0.6 is 11.3 Å². The number of carbonyl (C=O) groups is 1. The molecule has 1 aliphatic carbocycles. The molecule has 0 bridgehead atoms. The molecule has 0 radical (unpaired) electrons. The van der Waals surface area contributed by atoms with Crippen molar-refractivity contribution in [1.82, 2.24) is 5.32 Å². The van der Waals surface area contributed by atoms with Gasteiger partial charge in [0, 0.05) is 4.88 Å². The van der Waals surface area contributed by atoms with Crippen molar-refractivity contribution in [3.8, 4) is 0 Å². The van der Waals surface area contributed by atoms with Gasteiger partial charge < -0.3 is 5.32 Å². The molecule has 1 aromatic heterocycles. The third-order valence-corrected chi connectivity index (χ3v) is 6.62. The molecule has 27 heavy (non-hydrogen) atoms. The minimum atomic E-state index is -3.38. The predicted octanol–water partition coefficient (Wildman–Crippen LogP) is 4.27. The van der Waals surface area contributed by atoms with Gasteiger partial charge in [-0.3, -0.25) is 9.52 Å². The Morgan fingerprint density at radius 1 is 1.11 bits per heavy atom. The van der Waals surface area contributed by atoms with E-state index in [1.807, 2.05) is 25.1 Å². The van der Waals surface area contributed by atoms with Crippen LogP contribution < -0.4 is 10.0 Å². The van der Waals surface area contributed by atoms with Gasteiger partial charge in [-0.1, -0.05) is 31.0 Å². The first-order valence-electron chi connectivity index (χ1n) is 9.32. The maximum Gasteiger partial charge on any atom is 0.261 e. The summed E-state index contributed by atoms with van der Waals surface area (Å²) in [4.78, 5) is 14.9. The van der Waals surface area contributed by atoms with E-state index in [0.29, 0.717) is 5.69 Å². The molecule has 7 heteroatoms. The Morgan fingerprint density at radius 2 is 1.81 bits per heavy atom. The van der Waals surface area contributed by atoms with E-state index < -0.39 is 10.0 Å². The molecular formula is C20H26N2O3S2. The van der Waals surface area contributed by atoms with Gasteiger partial charge in [-0.15, -0.1) is 11.3 Å². The number of rotatable bonds is 5. The van der Waals surface area contributed by atoms with Crippen LogP contribution in [0.25, 0.3) is 0 Å². The Balaban J connectivity index is 1.76. The van der Waals surface area contributed by atoms with Crippen LogP contribution in [0.2, 0.25) is 0 Å².